The summed E-state index contributed by atoms with van der Waals surface area (Å²) in [5.74, 6) is -1.55. The van der Waals surface area contributed by atoms with Crippen molar-refractivity contribution in [1.82, 2.24) is 9.47 Å². The number of halogens is 6. The molecule has 194 valence electrons. The molecule has 0 saturated carbocycles. The van der Waals surface area contributed by atoms with E-state index < -0.39 is 29.5 Å². The van der Waals surface area contributed by atoms with E-state index in [-0.39, 0.29) is 34.0 Å². The Kier molecular flexibility index (Phi) is 7.45. The molecule has 0 aliphatic rings. The molecule has 0 radical (unpaired) electrons. The number of fused-ring (bicyclic) bond motifs is 1. The van der Waals surface area contributed by atoms with Crippen LogP contribution in [0.1, 0.15) is 25.0 Å². The minimum atomic E-state index is -4.53. The van der Waals surface area contributed by atoms with Gasteiger partial charge >= 0.3 is 12.3 Å². The van der Waals surface area contributed by atoms with Crippen LogP contribution in [0.2, 0.25) is 5.02 Å². The number of ether oxygens (including phenoxy) is 1. The molecule has 0 bridgehead atoms. The Labute approximate surface area is 214 Å². The van der Waals surface area contributed by atoms with E-state index in [2.05, 4.69) is 0 Å². The summed E-state index contributed by atoms with van der Waals surface area (Å²) >= 11 is 6.19. The predicted octanol–water partition coefficient (Wildman–Crippen LogP) is 8.15. The summed E-state index contributed by atoms with van der Waals surface area (Å²) < 4.78 is 75.3. The Bertz CT molecular complexity index is 1440. The topological polar surface area (TPSA) is 34.5 Å². The monoisotopic (exact) mass is 536 g/mol. The Morgan fingerprint density at radius 1 is 0.973 bits per heavy atom. The van der Waals surface area contributed by atoms with Gasteiger partial charge in [0.2, 0.25) is 0 Å². The van der Waals surface area contributed by atoms with E-state index in [0.717, 1.165) is 30.3 Å². The minimum Gasteiger partial charge on any atom is -0.410 e. The van der Waals surface area contributed by atoms with Crippen molar-refractivity contribution in [2.75, 3.05) is 13.1 Å². The van der Waals surface area contributed by atoms with E-state index in [0.29, 0.717) is 24.0 Å². The second-order valence-corrected chi connectivity index (χ2v) is 8.72. The van der Waals surface area contributed by atoms with Crippen molar-refractivity contribution < 1.29 is 31.5 Å². The zero-order valence-electron chi connectivity index (χ0n) is 19.9. The maximum absolute atomic E-state index is 14.1. The highest BCUT2D eigenvalue weighted by Crippen LogP contribution is 2.39. The molecule has 1 amide bonds. The molecule has 0 saturated heterocycles. The first-order valence-corrected chi connectivity index (χ1v) is 11.8. The lowest BCUT2D eigenvalue weighted by molar-refractivity contribution is -0.137. The highest BCUT2D eigenvalue weighted by atomic mass is 35.5. The lowest BCUT2D eigenvalue weighted by atomic mass is 10.00. The van der Waals surface area contributed by atoms with Gasteiger partial charge in [0.1, 0.15) is 17.4 Å². The molecule has 0 spiro atoms. The standard InChI is InChI=1S/C27H22ClF5N2O2/c1-3-34(4-2)26(36)37-24-8-7-23-21(25(24)16-12-19(29)14-20(30)13-16)9-10-35(23)15-17-11-18(27(31,32)33)5-6-22(17)28/h5-14H,3-4,15H2,1-2H3. The SMILES string of the molecule is CCN(CC)C(=O)Oc1ccc2c(ccn2Cc2cc(C(F)(F)F)ccc2Cl)c1-c1cc(F)cc(F)c1. The second kappa shape index (κ2) is 10.4. The van der Waals surface area contributed by atoms with Crippen LogP contribution in [0, 0.1) is 11.6 Å². The van der Waals surface area contributed by atoms with E-state index in [1.165, 1.54) is 17.0 Å². The lowest BCUT2D eigenvalue weighted by Gasteiger charge is -2.20. The molecule has 0 fully saturated rings. The van der Waals surface area contributed by atoms with Crippen LogP contribution in [0.5, 0.6) is 5.75 Å². The van der Waals surface area contributed by atoms with Gasteiger partial charge in [0.15, 0.2) is 0 Å². The summed E-state index contributed by atoms with van der Waals surface area (Å²) in [4.78, 5) is 14.1. The summed E-state index contributed by atoms with van der Waals surface area (Å²) in [5.41, 5.74) is 0.357. The second-order valence-electron chi connectivity index (χ2n) is 8.32. The van der Waals surface area contributed by atoms with Crippen molar-refractivity contribution >= 4 is 28.6 Å². The van der Waals surface area contributed by atoms with Gasteiger partial charge in [0.05, 0.1) is 5.56 Å². The summed E-state index contributed by atoms with van der Waals surface area (Å²) in [6.07, 6.45) is -3.54. The van der Waals surface area contributed by atoms with Crippen LogP contribution in [-0.2, 0) is 12.7 Å². The first kappa shape index (κ1) is 26.5. The van der Waals surface area contributed by atoms with Crippen LogP contribution in [0.15, 0.2) is 60.8 Å². The van der Waals surface area contributed by atoms with Gasteiger partial charge in [-0.3, -0.25) is 0 Å². The van der Waals surface area contributed by atoms with Crippen LogP contribution >= 0.6 is 11.6 Å². The number of carbonyl (C=O) groups is 1. The van der Waals surface area contributed by atoms with E-state index in [1.54, 1.807) is 36.7 Å². The summed E-state index contributed by atoms with van der Waals surface area (Å²) in [6.45, 7) is 4.37. The van der Waals surface area contributed by atoms with Gasteiger partial charge in [-0.2, -0.15) is 13.2 Å². The number of aromatic nitrogens is 1. The number of nitrogens with zero attached hydrogens (tertiary/aromatic N) is 2. The van der Waals surface area contributed by atoms with Crippen molar-refractivity contribution in [2.45, 2.75) is 26.6 Å². The molecule has 0 unspecified atom stereocenters. The highest BCUT2D eigenvalue weighted by molar-refractivity contribution is 6.31. The van der Waals surface area contributed by atoms with Crippen molar-refractivity contribution in [3.8, 4) is 16.9 Å². The lowest BCUT2D eigenvalue weighted by Crippen LogP contribution is -2.33. The molecule has 4 nitrogen and oxygen atoms in total. The molecular formula is C27H22ClF5N2O2. The number of hydrogen-bond acceptors (Lipinski definition) is 2. The van der Waals surface area contributed by atoms with Gasteiger partial charge in [-0.1, -0.05) is 11.6 Å². The average molecular weight is 537 g/mol. The zero-order chi connectivity index (χ0) is 26.9. The molecular weight excluding hydrogens is 515 g/mol. The summed E-state index contributed by atoms with van der Waals surface area (Å²) in [5, 5.41) is 0.644. The smallest absolute Gasteiger partial charge is 0.410 e. The Morgan fingerprint density at radius 3 is 2.27 bits per heavy atom. The van der Waals surface area contributed by atoms with Gasteiger partial charge in [-0.05, 0) is 73.5 Å². The molecule has 4 aromatic rings. The van der Waals surface area contributed by atoms with Crippen LogP contribution in [-0.4, -0.2) is 28.6 Å². The Morgan fingerprint density at radius 2 is 1.65 bits per heavy atom. The van der Waals surface area contributed by atoms with Crippen LogP contribution in [0.25, 0.3) is 22.0 Å². The number of carbonyl (C=O) groups excluding carboxylic acids is 1. The quantitative estimate of drug-likeness (QED) is 0.233. The van der Waals surface area contributed by atoms with Crippen molar-refractivity contribution in [3.05, 3.63) is 88.6 Å². The first-order chi connectivity index (χ1) is 17.5. The fourth-order valence-electron chi connectivity index (χ4n) is 4.17. The van der Waals surface area contributed by atoms with E-state index in [1.807, 2.05) is 0 Å². The number of benzene rings is 3. The number of rotatable bonds is 6. The average Bonchev–Trinajstić information content (AvgIpc) is 3.22. The molecule has 0 N–H and O–H groups in total. The minimum absolute atomic E-state index is 0.00177. The number of amides is 1. The summed E-state index contributed by atoms with van der Waals surface area (Å²) in [7, 11) is 0. The Hall–Kier alpha value is -3.59. The van der Waals surface area contributed by atoms with Crippen molar-refractivity contribution in [3.63, 3.8) is 0 Å². The highest BCUT2D eigenvalue weighted by Gasteiger charge is 2.31. The maximum atomic E-state index is 14.1. The van der Waals surface area contributed by atoms with Crippen molar-refractivity contribution in [2.24, 2.45) is 0 Å². The molecule has 0 atom stereocenters. The summed E-state index contributed by atoms with van der Waals surface area (Å²) in [6, 6.07) is 10.8. The predicted molar refractivity (Wildman–Crippen MR) is 132 cm³/mol. The Balaban J connectivity index is 1.84. The van der Waals surface area contributed by atoms with Gasteiger partial charge in [-0.15, -0.1) is 0 Å². The van der Waals surface area contributed by atoms with Crippen LogP contribution < -0.4 is 4.74 Å². The maximum Gasteiger partial charge on any atom is 0.416 e. The molecule has 10 heteroatoms. The molecule has 1 aromatic heterocycles. The van der Waals surface area contributed by atoms with Crippen LogP contribution in [0.4, 0.5) is 26.7 Å². The fraction of sp³-hybridized carbons (Fsp3) is 0.222. The molecule has 1 heterocycles. The van der Waals surface area contributed by atoms with Crippen LogP contribution in [0.3, 0.4) is 0 Å². The van der Waals surface area contributed by atoms with Gasteiger partial charge < -0.3 is 14.2 Å². The molecule has 0 aliphatic heterocycles. The molecule has 3 aromatic carbocycles. The number of alkyl halides is 3. The molecule has 0 aliphatic carbocycles. The molecule has 4 rings (SSSR count). The van der Waals surface area contributed by atoms with Crippen molar-refractivity contribution in [1.29, 1.82) is 0 Å². The van der Waals surface area contributed by atoms with E-state index >= 15 is 0 Å². The van der Waals surface area contributed by atoms with Gasteiger partial charge in [0, 0.05) is 53.4 Å². The zero-order valence-corrected chi connectivity index (χ0v) is 20.6. The third-order valence-electron chi connectivity index (χ3n) is 6.00. The third-order valence-corrected chi connectivity index (χ3v) is 6.37. The normalized spacial score (nSPS) is 11.7. The largest absolute Gasteiger partial charge is 0.416 e. The van der Waals surface area contributed by atoms with E-state index in [9.17, 15) is 26.7 Å². The fourth-order valence-corrected chi connectivity index (χ4v) is 4.34. The van der Waals surface area contributed by atoms with Gasteiger partial charge in [-0.25, -0.2) is 13.6 Å². The first-order valence-electron chi connectivity index (χ1n) is 11.4. The van der Waals surface area contributed by atoms with Gasteiger partial charge in [0.25, 0.3) is 0 Å². The number of hydrogen-bond donors (Lipinski definition) is 0. The van der Waals surface area contributed by atoms with E-state index in [4.69, 9.17) is 16.3 Å². The third kappa shape index (κ3) is 5.56. The molecule has 37 heavy (non-hydrogen) atoms.